The summed E-state index contributed by atoms with van der Waals surface area (Å²) in [6.07, 6.45) is 4.08. The number of amides is 2. The number of carboxylic acid groups (broad SMARTS) is 1. The normalized spacial score (nSPS) is 24.6. The molecular weight excluding hydrogens is 244 g/mol. The molecule has 0 aromatic carbocycles. The van der Waals surface area contributed by atoms with E-state index in [2.05, 4.69) is 19.2 Å². The van der Waals surface area contributed by atoms with Crippen LogP contribution in [0.2, 0.25) is 0 Å². The summed E-state index contributed by atoms with van der Waals surface area (Å²) in [4.78, 5) is 24.7. The minimum Gasteiger partial charge on any atom is -0.481 e. The van der Waals surface area contributed by atoms with Crippen LogP contribution in [0.5, 0.6) is 0 Å². The molecule has 0 aliphatic heterocycles. The van der Waals surface area contributed by atoms with Gasteiger partial charge in [0.05, 0.1) is 5.92 Å². The van der Waals surface area contributed by atoms with Crippen molar-refractivity contribution < 1.29 is 14.7 Å². The molecule has 19 heavy (non-hydrogen) atoms. The van der Waals surface area contributed by atoms with Crippen LogP contribution >= 0.6 is 0 Å². The first-order valence-corrected chi connectivity index (χ1v) is 7.18. The SMILES string of the molecule is CCC(C)CN(C)C(=O)NC1CCCC(C(=O)O)C1. The van der Waals surface area contributed by atoms with Crippen molar-refractivity contribution in [1.29, 1.82) is 0 Å². The molecule has 3 unspecified atom stereocenters. The predicted molar refractivity (Wildman–Crippen MR) is 74.0 cm³/mol. The highest BCUT2D eigenvalue weighted by Gasteiger charge is 2.28. The van der Waals surface area contributed by atoms with E-state index in [-0.39, 0.29) is 18.0 Å². The lowest BCUT2D eigenvalue weighted by atomic mass is 9.86. The van der Waals surface area contributed by atoms with Crippen LogP contribution in [0.4, 0.5) is 4.79 Å². The summed E-state index contributed by atoms with van der Waals surface area (Å²) in [6.45, 7) is 4.96. The molecule has 0 bridgehead atoms. The van der Waals surface area contributed by atoms with Gasteiger partial charge in [0.1, 0.15) is 0 Å². The molecule has 1 aliphatic carbocycles. The lowest BCUT2D eigenvalue weighted by Gasteiger charge is -2.30. The quantitative estimate of drug-likeness (QED) is 0.805. The van der Waals surface area contributed by atoms with Crippen molar-refractivity contribution in [3.63, 3.8) is 0 Å². The van der Waals surface area contributed by atoms with E-state index in [4.69, 9.17) is 5.11 Å². The van der Waals surface area contributed by atoms with Gasteiger partial charge in [0.2, 0.25) is 0 Å². The third-order valence-electron chi connectivity index (χ3n) is 3.98. The summed E-state index contributed by atoms with van der Waals surface area (Å²) in [5.41, 5.74) is 0. The number of urea groups is 1. The summed E-state index contributed by atoms with van der Waals surface area (Å²) < 4.78 is 0. The second kappa shape index (κ2) is 7.36. The third kappa shape index (κ3) is 5.09. The monoisotopic (exact) mass is 270 g/mol. The average molecular weight is 270 g/mol. The molecule has 5 heteroatoms. The van der Waals surface area contributed by atoms with Gasteiger partial charge in [-0.3, -0.25) is 4.79 Å². The Morgan fingerprint density at radius 1 is 1.42 bits per heavy atom. The van der Waals surface area contributed by atoms with Gasteiger partial charge in [-0.2, -0.15) is 0 Å². The lowest BCUT2D eigenvalue weighted by Crippen LogP contribution is -2.46. The molecule has 1 rings (SSSR count). The Morgan fingerprint density at radius 2 is 2.11 bits per heavy atom. The predicted octanol–water partition coefficient (Wildman–Crippen LogP) is 2.32. The van der Waals surface area contributed by atoms with E-state index in [1.165, 1.54) is 0 Å². The largest absolute Gasteiger partial charge is 0.481 e. The van der Waals surface area contributed by atoms with Crippen LogP contribution in [0.25, 0.3) is 0 Å². The Kier molecular flexibility index (Phi) is 6.12. The molecule has 0 heterocycles. The van der Waals surface area contributed by atoms with Gasteiger partial charge < -0.3 is 15.3 Å². The van der Waals surface area contributed by atoms with E-state index in [0.29, 0.717) is 12.3 Å². The van der Waals surface area contributed by atoms with Crippen molar-refractivity contribution in [2.75, 3.05) is 13.6 Å². The molecule has 0 aromatic rings. The van der Waals surface area contributed by atoms with Crippen LogP contribution in [-0.2, 0) is 4.79 Å². The standard InChI is InChI=1S/C14H26N2O3/c1-4-10(2)9-16(3)14(19)15-12-7-5-6-11(8-12)13(17)18/h10-12H,4-9H2,1-3H3,(H,15,19)(H,17,18). The smallest absolute Gasteiger partial charge is 0.317 e. The number of carbonyl (C=O) groups is 2. The van der Waals surface area contributed by atoms with E-state index in [1.807, 2.05) is 0 Å². The molecule has 2 amide bonds. The summed E-state index contributed by atoms with van der Waals surface area (Å²) in [5, 5.41) is 12.0. The van der Waals surface area contributed by atoms with Crippen LogP contribution in [0.15, 0.2) is 0 Å². The van der Waals surface area contributed by atoms with Crippen molar-refractivity contribution in [1.82, 2.24) is 10.2 Å². The van der Waals surface area contributed by atoms with E-state index in [0.717, 1.165) is 32.2 Å². The van der Waals surface area contributed by atoms with Gasteiger partial charge in [-0.15, -0.1) is 0 Å². The van der Waals surface area contributed by atoms with Crippen LogP contribution in [0.3, 0.4) is 0 Å². The fourth-order valence-corrected chi connectivity index (χ4v) is 2.51. The number of hydrogen-bond donors (Lipinski definition) is 2. The second-order valence-corrected chi connectivity index (χ2v) is 5.74. The lowest BCUT2D eigenvalue weighted by molar-refractivity contribution is -0.143. The zero-order chi connectivity index (χ0) is 14.4. The van der Waals surface area contributed by atoms with Gasteiger partial charge in [-0.05, 0) is 25.2 Å². The van der Waals surface area contributed by atoms with Crippen LogP contribution in [-0.4, -0.2) is 41.6 Å². The van der Waals surface area contributed by atoms with E-state index in [9.17, 15) is 9.59 Å². The number of nitrogens with zero attached hydrogens (tertiary/aromatic N) is 1. The Morgan fingerprint density at radius 3 is 2.68 bits per heavy atom. The molecule has 5 nitrogen and oxygen atoms in total. The van der Waals surface area contributed by atoms with Crippen molar-refractivity contribution in [2.24, 2.45) is 11.8 Å². The number of aliphatic carboxylic acids is 1. The Hall–Kier alpha value is -1.26. The highest BCUT2D eigenvalue weighted by Crippen LogP contribution is 2.24. The van der Waals surface area contributed by atoms with Crippen LogP contribution in [0.1, 0.15) is 46.0 Å². The van der Waals surface area contributed by atoms with E-state index >= 15 is 0 Å². The van der Waals surface area contributed by atoms with Crippen molar-refractivity contribution >= 4 is 12.0 Å². The third-order valence-corrected chi connectivity index (χ3v) is 3.98. The molecule has 0 radical (unpaired) electrons. The first kappa shape index (κ1) is 15.8. The molecule has 0 spiro atoms. The van der Waals surface area contributed by atoms with Gasteiger partial charge in [-0.25, -0.2) is 4.79 Å². The summed E-state index contributed by atoms with van der Waals surface area (Å²) >= 11 is 0. The van der Waals surface area contributed by atoms with Gasteiger partial charge in [-0.1, -0.05) is 26.7 Å². The molecule has 0 saturated heterocycles. The zero-order valence-corrected chi connectivity index (χ0v) is 12.2. The molecular formula is C14H26N2O3. The van der Waals surface area contributed by atoms with Gasteiger partial charge in [0.15, 0.2) is 0 Å². The molecule has 1 aliphatic rings. The maximum Gasteiger partial charge on any atom is 0.317 e. The Bertz CT molecular complexity index is 320. The minimum absolute atomic E-state index is 0.00160. The van der Waals surface area contributed by atoms with Crippen LogP contribution < -0.4 is 5.32 Å². The van der Waals surface area contributed by atoms with Crippen LogP contribution in [0, 0.1) is 11.8 Å². The fourth-order valence-electron chi connectivity index (χ4n) is 2.51. The summed E-state index contributed by atoms with van der Waals surface area (Å²) in [5.74, 6) is -0.570. The Labute approximate surface area is 115 Å². The molecule has 2 N–H and O–H groups in total. The maximum absolute atomic E-state index is 12.0. The van der Waals surface area contributed by atoms with Gasteiger partial charge in [0, 0.05) is 19.6 Å². The Balaban J connectivity index is 2.41. The van der Waals surface area contributed by atoms with Crippen molar-refractivity contribution in [3.05, 3.63) is 0 Å². The van der Waals surface area contributed by atoms with E-state index in [1.54, 1.807) is 11.9 Å². The average Bonchev–Trinajstić information content (AvgIpc) is 2.38. The molecule has 3 atom stereocenters. The number of hydrogen-bond acceptors (Lipinski definition) is 2. The highest BCUT2D eigenvalue weighted by molar-refractivity contribution is 5.74. The molecule has 0 aromatic heterocycles. The fraction of sp³-hybridized carbons (Fsp3) is 0.857. The number of carboxylic acids is 1. The van der Waals surface area contributed by atoms with Crippen molar-refractivity contribution in [2.45, 2.75) is 52.0 Å². The van der Waals surface area contributed by atoms with Crippen molar-refractivity contribution in [3.8, 4) is 0 Å². The summed E-state index contributed by atoms with van der Waals surface area (Å²) in [7, 11) is 1.79. The topological polar surface area (TPSA) is 69.6 Å². The number of carbonyl (C=O) groups excluding carboxylic acids is 1. The number of nitrogens with one attached hydrogen (secondary N) is 1. The second-order valence-electron chi connectivity index (χ2n) is 5.74. The highest BCUT2D eigenvalue weighted by atomic mass is 16.4. The number of rotatable bonds is 5. The van der Waals surface area contributed by atoms with E-state index < -0.39 is 5.97 Å². The minimum atomic E-state index is -0.744. The molecule has 1 fully saturated rings. The zero-order valence-electron chi connectivity index (χ0n) is 12.2. The molecule has 110 valence electrons. The summed E-state index contributed by atoms with van der Waals surface area (Å²) in [6, 6.07) is -0.0851. The first-order chi connectivity index (χ1) is 8.93. The van der Waals surface area contributed by atoms with Gasteiger partial charge in [0.25, 0.3) is 0 Å². The van der Waals surface area contributed by atoms with Gasteiger partial charge >= 0.3 is 12.0 Å². The first-order valence-electron chi connectivity index (χ1n) is 7.18. The molecule has 1 saturated carbocycles. The maximum atomic E-state index is 12.0.